The van der Waals surface area contributed by atoms with Gasteiger partial charge in [-0.1, -0.05) is 29.8 Å². The van der Waals surface area contributed by atoms with Gasteiger partial charge in [-0.15, -0.1) is 0 Å². The molecule has 1 fully saturated rings. The van der Waals surface area contributed by atoms with E-state index in [1.807, 2.05) is 0 Å². The molecule has 0 aliphatic carbocycles. The fraction of sp³-hybridized carbons (Fsp3) is 0.600. The number of nitrogens with zero attached hydrogens (tertiary/aromatic N) is 1. The van der Waals surface area contributed by atoms with Gasteiger partial charge in [-0.25, -0.2) is 0 Å². The molecule has 3 N–H and O–H groups in total. The van der Waals surface area contributed by atoms with Crippen LogP contribution >= 0.6 is 0 Å². The van der Waals surface area contributed by atoms with Gasteiger partial charge in [0.05, 0.1) is 6.17 Å². The lowest BCUT2D eigenvalue weighted by atomic mass is 10.0. The first-order valence-corrected chi connectivity index (χ1v) is 7.01. The van der Waals surface area contributed by atoms with Gasteiger partial charge in [0.25, 0.3) is 0 Å². The highest BCUT2D eigenvalue weighted by molar-refractivity contribution is 5.22. The molecule has 1 unspecified atom stereocenters. The second-order valence-electron chi connectivity index (χ2n) is 5.23. The van der Waals surface area contributed by atoms with Crippen molar-refractivity contribution in [1.82, 2.24) is 10.2 Å². The maximum absolute atomic E-state index is 6.24. The van der Waals surface area contributed by atoms with E-state index in [9.17, 15) is 0 Å². The Morgan fingerprint density at radius 2 is 2.11 bits per heavy atom. The van der Waals surface area contributed by atoms with Crippen molar-refractivity contribution in [1.29, 1.82) is 0 Å². The monoisotopic (exact) mass is 247 g/mol. The summed E-state index contributed by atoms with van der Waals surface area (Å²) < 4.78 is 0. The lowest BCUT2D eigenvalue weighted by Crippen LogP contribution is -2.51. The van der Waals surface area contributed by atoms with Crippen LogP contribution in [0.3, 0.4) is 0 Å². The van der Waals surface area contributed by atoms with Crippen LogP contribution < -0.4 is 11.1 Å². The predicted octanol–water partition coefficient (Wildman–Crippen LogP) is 1.51. The number of hydrogen-bond donors (Lipinski definition) is 2. The van der Waals surface area contributed by atoms with E-state index >= 15 is 0 Å². The van der Waals surface area contributed by atoms with Crippen LogP contribution in [0.25, 0.3) is 0 Å². The Morgan fingerprint density at radius 3 is 2.83 bits per heavy atom. The number of aryl methyl sites for hydroxylation is 2. The highest BCUT2D eigenvalue weighted by Crippen LogP contribution is 2.10. The van der Waals surface area contributed by atoms with Gasteiger partial charge in [-0.2, -0.15) is 0 Å². The van der Waals surface area contributed by atoms with Gasteiger partial charge in [0.1, 0.15) is 0 Å². The third-order valence-corrected chi connectivity index (χ3v) is 3.67. The summed E-state index contributed by atoms with van der Waals surface area (Å²) in [5, 5.41) is 3.36. The SMILES string of the molecule is Cc1cccc(CCCC(N)N2CCNCC2)c1. The number of nitrogens with one attached hydrogen (secondary N) is 1. The van der Waals surface area contributed by atoms with E-state index in [-0.39, 0.29) is 6.17 Å². The number of piperazine rings is 1. The summed E-state index contributed by atoms with van der Waals surface area (Å²) in [6.45, 7) is 6.48. The molecule has 1 saturated heterocycles. The molecule has 1 aliphatic rings. The van der Waals surface area contributed by atoms with Crippen molar-refractivity contribution in [2.45, 2.75) is 32.4 Å². The second-order valence-corrected chi connectivity index (χ2v) is 5.23. The molecule has 1 heterocycles. The summed E-state index contributed by atoms with van der Waals surface area (Å²) in [5.74, 6) is 0. The van der Waals surface area contributed by atoms with Crippen LogP contribution in [0, 0.1) is 6.92 Å². The Morgan fingerprint density at radius 1 is 1.33 bits per heavy atom. The van der Waals surface area contributed by atoms with Crippen molar-refractivity contribution < 1.29 is 0 Å². The van der Waals surface area contributed by atoms with Crippen molar-refractivity contribution in [3.05, 3.63) is 35.4 Å². The Balaban J connectivity index is 1.71. The molecule has 3 heteroatoms. The van der Waals surface area contributed by atoms with E-state index in [2.05, 4.69) is 41.4 Å². The van der Waals surface area contributed by atoms with Crippen LogP contribution in [-0.2, 0) is 6.42 Å². The van der Waals surface area contributed by atoms with Crippen LogP contribution in [-0.4, -0.2) is 37.2 Å². The average molecular weight is 247 g/mol. The highest BCUT2D eigenvalue weighted by atomic mass is 15.3. The largest absolute Gasteiger partial charge is 0.316 e. The molecule has 0 radical (unpaired) electrons. The van der Waals surface area contributed by atoms with Gasteiger partial charge in [0.15, 0.2) is 0 Å². The Bertz CT molecular complexity index is 359. The normalized spacial score (nSPS) is 18.8. The zero-order valence-electron chi connectivity index (χ0n) is 11.4. The lowest BCUT2D eigenvalue weighted by molar-refractivity contribution is 0.166. The smallest absolute Gasteiger partial charge is 0.0572 e. The van der Waals surface area contributed by atoms with Gasteiger partial charge >= 0.3 is 0 Å². The molecule has 1 aromatic rings. The fourth-order valence-corrected chi connectivity index (χ4v) is 2.58. The minimum atomic E-state index is 0.233. The minimum Gasteiger partial charge on any atom is -0.316 e. The number of rotatable bonds is 5. The number of nitrogens with two attached hydrogens (primary N) is 1. The minimum absolute atomic E-state index is 0.233. The molecule has 0 aromatic heterocycles. The summed E-state index contributed by atoms with van der Waals surface area (Å²) in [6.07, 6.45) is 3.64. The van der Waals surface area contributed by atoms with E-state index in [1.54, 1.807) is 0 Å². The molecule has 0 amide bonds. The Hall–Kier alpha value is -0.900. The molecule has 18 heavy (non-hydrogen) atoms. The molecule has 1 atom stereocenters. The van der Waals surface area contributed by atoms with E-state index in [1.165, 1.54) is 17.5 Å². The molecule has 2 rings (SSSR count). The van der Waals surface area contributed by atoms with Crippen LogP contribution in [0.2, 0.25) is 0 Å². The summed E-state index contributed by atoms with van der Waals surface area (Å²) >= 11 is 0. The van der Waals surface area contributed by atoms with Crippen molar-refractivity contribution in [3.63, 3.8) is 0 Å². The van der Waals surface area contributed by atoms with Crippen molar-refractivity contribution >= 4 is 0 Å². The van der Waals surface area contributed by atoms with Crippen molar-refractivity contribution in [2.75, 3.05) is 26.2 Å². The van der Waals surface area contributed by atoms with Gasteiger partial charge < -0.3 is 11.1 Å². The highest BCUT2D eigenvalue weighted by Gasteiger charge is 2.15. The third-order valence-electron chi connectivity index (χ3n) is 3.67. The topological polar surface area (TPSA) is 41.3 Å². The van der Waals surface area contributed by atoms with E-state index in [0.29, 0.717) is 0 Å². The maximum Gasteiger partial charge on any atom is 0.0572 e. The van der Waals surface area contributed by atoms with Crippen molar-refractivity contribution in [2.24, 2.45) is 5.73 Å². The standard InChI is InChI=1S/C15H25N3/c1-13-4-2-5-14(12-13)6-3-7-15(16)18-10-8-17-9-11-18/h2,4-5,12,15,17H,3,6-11,16H2,1H3. The van der Waals surface area contributed by atoms with Crippen molar-refractivity contribution in [3.8, 4) is 0 Å². The zero-order valence-corrected chi connectivity index (χ0v) is 11.4. The zero-order chi connectivity index (χ0) is 12.8. The first-order valence-electron chi connectivity index (χ1n) is 7.01. The molecule has 1 aliphatic heterocycles. The van der Waals surface area contributed by atoms with Crippen LogP contribution in [0.1, 0.15) is 24.0 Å². The molecule has 3 nitrogen and oxygen atoms in total. The average Bonchev–Trinajstić information content (AvgIpc) is 2.40. The van der Waals surface area contributed by atoms with E-state index in [4.69, 9.17) is 5.73 Å². The molecular weight excluding hydrogens is 222 g/mol. The second kappa shape index (κ2) is 6.88. The van der Waals surface area contributed by atoms with E-state index in [0.717, 1.165) is 39.0 Å². The van der Waals surface area contributed by atoms with Gasteiger partial charge in [-0.3, -0.25) is 4.90 Å². The molecule has 0 bridgehead atoms. The molecule has 0 spiro atoms. The molecular formula is C15H25N3. The summed E-state index contributed by atoms with van der Waals surface area (Å²) in [5.41, 5.74) is 9.02. The lowest BCUT2D eigenvalue weighted by Gasteiger charge is -2.32. The van der Waals surface area contributed by atoms with Gasteiger partial charge in [-0.05, 0) is 31.7 Å². The van der Waals surface area contributed by atoms with Gasteiger partial charge in [0, 0.05) is 26.2 Å². The fourth-order valence-electron chi connectivity index (χ4n) is 2.58. The molecule has 1 aromatic carbocycles. The summed E-state index contributed by atoms with van der Waals surface area (Å²) in [4.78, 5) is 2.40. The maximum atomic E-state index is 6.24. The first-order chi connectivity index (χ1) is 8.75. The van der Waals surface area contributed by atoms with E-state index < -0.39 is 0 Å². The van der Waals surface area contributed by atoms with Gasteiger partial charge in [0.2, 0.25) is 0 Å². The van der Waals surface area contributed by atoms with Crippen LogP contribution in [0.15, 0.2) is 24.3 Å². The summed E-state index contributed by atoms with van der Waals surface area (Å²) in [7, 11) is 0. The Labute approximate surface area is 110 Å². The number of benzene rings is 1. The summed E-state index contributed by atoms with van der Waals surface area (Å²) in [6, 6.07) is 8.77. The van der Waals surface area contributed by atoms with Crippen LogP contribution in [0.5, 0.6) is 0 Å². The molecule has 0 saturated carbocycles. The Kier molecular flexibility index (Phi) is 5.17. The van der Waals surface area contributed by atoms with Crippen LogP contribution in [0.4, 0.5) is 0 Å². The first kappa shape index (κ1) is 13.5. The third kappa shape index (κ3) is 4.09. The number of hydrogen-bond acceptors (Lipinski definition) is 3. The molecule has 100 valence electrons. The predicted molar refractivity (Wildman–Crippen MR) is 76.5 cm³/mol. The quantitative estimate of drug-likeness (QED) is 0.828.